The average Bonchev–Trinajstić information content (AvgIpc) is 3.34. The molecule has 0 spiro atoms. The Bertz CT molecular complexity index is 1030. The molecule has 29 heavy (non-hydrogen) atoms. The number of hydrogen-bond donors (Lipinski definition) is 0. The van der Waals surface area contributed by atoms with Crippen molar-refractivity contribution >= 4 is 45.8 Å². The normalized spacial score (nSPS) is 17.2. The van der Waals surface area contributed by atoms with Crippen LogP contribution in [0.2, 0.25) is 5.02 Å². The fraction of sp³-hybridized carbons (Fsp3) is 0.474. The van der Waals surface area contributed by atoms with Crippen LogP contribution in [-0.2, 0) is 10.5 Å². The molecule has 1 saturated heterocycles. The second-order valence-electron chi connectivity index (χ2n) is 7.83. The van der Waals surface area contributed by atoms with Gasteiger partial charge in [0.15, 0.2) is 10.2 Å². The number of aromatic nitrogens is 4. The van der Waals surface area contributed by atoms with Gasteiger partial charge < -0.3 is 4.74 Å². The van der Waals surface area contributed by atoms with Crippen LogP contribution in [0, 0.1) is 0 Å². The van der Waals surface area contributed by atoms with E-state index < -0.39 is 5.60 Å². The number of carbonyl (C=O) groups excluding carboxylic acids is 1. The topological polar surface area (TPSA) is 72.6 Å². The van der Waals surface area contributed by atoms with Crippen LogP contribution in [-0.4, -0.2) is 43.0 Å². The Morgan fingerprint density at radius 2 is 2.14 bits per heavy atom. The molecule has 0 bridgehead atoms. The summed E-state index contributed by atoms with van der Waals surface area (Å²) in [6.45, 7) is 6.25. The van der Waals surface area contributed by atoms with E-state index in [0.717, 1.165) is 38.5 Å². The summed E-state index contributed by atoms with van der Waals surface area (Å²) in [7, 11) is 0. The predicted octanol–water partition coefficient (Wildman–Crippen LogP) is 5.20. The monoisotopic (exact) mass is 451 g/mol. The third kappa shape index (κ3) is 4.51. The molecule has 0 radical (unpaired) electrons. The molecule has 1 aliphatic rings. The molecule has 1 fully saturated rings. The number of hydrogen-bond acceptors (Lipinski definition) is 7. The number of benzene rings is 1. The van der Waals surface area contributed by atoms with Crippen LogP contribution in [0.1, 0.15) is 51.0 Å². The van der Waals surface area contributed by atoms with E-state index >= 15 is 0 Å². The number of carbonyl (C=O) groups is 1. The minimum atomic E-state index is -0.534. The van der Waals surface area contributed by atoms with Crippen LogP contribution in [0.15, 0.2) is 28.6 Å². The third-order valence-electron chi connectivity index (χ3n) is 4.48. The number of likely N-dealkylation sites (tertiary alicyclic amines) is 1. The molecule has 1 atom stereocenters. The zero-order chi connectivity index (χ0) is 20.6. The van der Waals surface area contributed by atoms with Gasteiger partial charge in [-0.1, -0.05) is 52.9 Å². The van der Waals surface area contributed by atoms with Crippen molar-refractivity contribution in [3.05, 3.63) is 40.7 Å². The van der Waals surface area contributed by atoms with Gasteiger partial charge in [-0.25, -0.2) is 4.79 Å². The van der Waals surface area contributed by atoms with E-state index in [4.69, 9.17) is 16.3 Å². The maximum atomic E-state index is 12.6. The fourth-order valence-corrected chi connectivity index (χ4v) is 5.38. The van der Waals surface area contributed by atoms with E-state index in [1.807, 2.05) is 45.0 Å². The zero-order valence-electron chi connectivity index (χ0n) is 16.5. The third-order valence-corrected chi connectivity index (χ3v) is 6.93. The van der Waals surface area contributed by atoms with Gasteiger partial charge in [-0.2, -0.15) is 4.52 Å². The first-order chi connectivity index (χ1) is 13.8. The summed E-state index contributed by atoms with van der Waals surface area (Å²) in [5, 5.41) is 14.0. The van der Waals surface area contributed by atoms with E-state index in [1.165, 1.54) is 11.3 Å². The van der Waals surface area contributed by atoms with E-state index in [-0.39, 0.29) is 12.1 Å². The lowest BCUT2D eigenvalue weighted by molar-refractivity contribution is 0.0217. The van der Waals surface area contributed by atoms with Crippen LogP contribution >= 0.6 is 34.7 Å². The highest BCUT2D eigenvalue weighted by molar-refractivity contribution is 8.00. The van der Waals surface area contributed by atoms with Crippen molar-refractivity contribution in [3.8, 4) is 0 Å². The van der Waals surface area contributed by atoms with Crippen molar-refractivity contribution in [2.45, 2.75) is 55.3 Å². The molecule has 1 aromatic carbocycles. The number of halogens is 1. The van der Waals surface area contributed by atoms with Gasteiger partial charge in [-0.05, 0) is 45.2 Å². The summed E-state index contributed by atoms with van der Waals surface area (Å²) in [5.41, 5.74) is 0.533. The molecule has 10 heteroatoms. The maximum absolute atomic E-state index is 12.6. The van der Waals surface area contributed by atoms with Crippen molar-refractivity contribution in [2.75, 3.05) is 6.54 Å². The molecule has 2 aromatic heterocycles. The highest BCUT2D eigenvalue weighted by Gasteiger charge is 2.36. The van der Waals surface area contributed by atoms with E-state index in [2.05, 4.69) is 15.3 Å². The molecule has 0 N–H and O–H groups in total. The molecule has 1 amide bonds. The highest BCUT2D eigenvalue weighted by Crippen LogP contribution is 2.35. The standard InChI is InChI=1S/C19H22ClN5O2S2/c1-19(2,3)27-18(26)24-10-6-9-14(24)15-21-22-16-25(15)23-17(29-16)28-11-12-7-4-5-8-13(12)20/h4-5,7-8,14H,6,9-11H2,1-3H3. The Kier molecular flexibility index (Phi) is 5.72. The predicted molar refractivity (Wildman–Crippen MR) is 115 cm³/mol. The molecule has 3 aromatic rings. The van der Waals surface area contributed by atoms with Crippen LogP contribution < -0.4 is 0 Å². The van der Waals surface area contributed by atoms with Gasteiger partial charge in [0, 0.05) is 17.3 Å². The zero-order valence-corrected chi connectivity index (χ0v) is 18.9. The molecular formula is C19H22ClN5O2S2. The largest absolute Gasteiger partial charge is 0.444 e. The molecule has 0 saturated carbocycles. The minimum Gasteiger partial charge on any atom is -0.444 e. The second-order valence-corrected chi connectivity index (χ2v) is 10.4. The lowest BCUT2D eigenvalue weighted by Gasteiger charge is -2.27. The number of fused-ring (bicyclic) bond motifs is 1. The van der Waals surface area contributed by atoms with Crippen LogP contribution in [0.5, 0.6) is 0 Å². The second kappa shape index (κ2) is 8.12. The first-order valence-electron chi connectivity index (χ1n) is 9.40. The van der Waals surface area contributed by atoms with Crippen molar-refractivity contribution < 1.29 is 9.53 Å². The van der Waals surface area contributed by atoms with Gasteiger partial charge in [-0.15, -0.1) is 15.3 Å². The van der Waals surface area contributed by atoms with Crippen molar-refractivity contribution in [1.29, 1.82) is 0 Å². The smallest absolute Gasteiger partial charge is 0.410 e. The molecular weight excluding hydrogens is 430 g/mol. The fourth-order valence-electron chi connectivity index (χ4n) is 3.21. The number of rotatable bonds is 4. The summed E-state index contributed by atoms with van der Waals surface area (Å²) in [6.07, 6.45) is 1.40. The van der Waals surface area contributed by atoms with Crippen LogP contribution in [0.25, 0.3) is 4.96 Å². The summed E-state index contributed by atoms with van der Waals surface area (Å²) in [6, 6.07) is 7.62. The first kappa shape index (κ1) is 20.4. The number of thioether (sulfide) groups is 1. The summed E-state index contributed by atoms with van der Waals surface area (Å²) in [4.78, 5) is 15.1. The minimum absolute atomic E-state index is 0.177. The lowest BCUT2D eigenvalue weighted by atomic mass is 10.2. The molecule has 4 rings (SSSR count). The SMILES string of the molecule is CC(C)(C)OC(=O)N1CCCC1c1nnc2sc(SCc3ccccc3Cl)nn12. The van der Waals surface area contributed by atoms with Crippen molar-refractivity contribution in [2.24, 2.45) is 0 Å². The first-order valence-corrected chi connectivity index (χ1v) is 11.6. The Labute approximate surface area is 182 Å². The van der Waals surface area contributed by atoms with Gasteiger partial charge in [-0.3, -0.25) is 4.90 Å². The van der Waals surface area contributed by atoms with Gasteiger partial charge >= 0.3 is 6.09 Å². The van der Waals surface area contributed by atoms with Crippen molar-refractivity contribution in [1.82, 2.24) is 24.7 Å². The summed E-state index contributed by atoms with van der Waals surface area (Å²) < 4.78 is 8.20. The Hall–Kier alpha value is -1.84. The number of ether oxygens (including phenoxy) is 1. The van der Waals surface area contributed by atoms with E-state index in [0.29, 0.717) is 12.4 Å². The molecule has 1 unspecified atom stereocenters. The lowest BCUT2D eigenvalue weighted by Crippen LogP contribution is -2.37. The van der Waals surface area contributed by atoms with Crippen molar-refractivity contribution in [3.63, 3.8) is 0 Å². The van der Waals surface area contributed by atoms with Crippen LogP contribution in [0.3, 0.4) is 0 Å². The molecule has 0 aliphatic carbocycles. The van der Waals surface area contributed by atoms with E-state index in [1.54, 1.807) is 21.2 Å². The summed E-state index contributed by atoms with van der Waals surface area (Å²) >= 11 is 9.34. The molecule has 154 valence electrons. The van der Waals surface area contributed by atoms with Gasteiger partial charge in [0.05, 0.1) is 6.04 Å². The molecule has 7 nitrogen and oxygen atoms in total. The summed E-state index contributed by atoms with van der Waals surface area (Å²) in [5.74, 6) is 1.41. The van der Waals surface area contributed by atoms with Gasteiger partial charge in [0.1, 0.15) is 5.60 Å². The number of nitrogens with zero attached hydrogens (tertiary/aromatic N) is 5. The Balaban J connectivity index is 1.52. The van der Waals surface area contributed by atoms with Gasteiger partial charge in [0.25, 0.3) is 0 Å². The van der Waals surface area contributed by atoms with Crippen LogP contribution in [0.4, 0.5) is 4.79 Å². The van der Waals surface area contributed by atoms with E-state index in [9.17, 15) is 4.79 Å². The Morgan fingerprint density at radius 1 is 1.34 bits per heavy atom. The highest BCUT2D eigenvalue weighted by atomic mass is 35.5. The molecule has 3 heterocycles. The quantitative estimate of drug-likeness (QED) is 0.507. The van der Waals surface area contributed by atoms with Gasteiger partial charge in [0.2, 0.25) is 4.96 Å². The number of amides is 1. The average molecular weight is 452 g/mol. The molecule has 1 aliphatic heterocycles. The Morgan fingerprint density at radius 3 is 2.90 bits per heavy atom. The maximum Gasteiger partial charge on any atom is 0.410 e.